The average molecular weight is 390 g/mol. The minimum Gasteiger partial charge on any atom is -0.391 e. The summed E-state index contributed by atoms with van der Waals surface area (Å²) in [5.74, 6) is -0.0549. The number of urea groups is 1. The molecular formula is C23H26N4O2. The van der Waals surface area contributed by atoms with Crippen molar-refractivity contribution in [3.63, 3.8) is 0 Å². The molecule has 0 unspecified atom stereocenters. The number of likely N-dealkylation sites (tertiary alicyclic amines) is 1. The lowest BCUT2D eigenvalue weighted by atomic mass is 9.96. The van der Waals surface area contributed by atoms with Crippen LogP contribution >= 0.6 is 0 Å². The fraction of sp³-hybridized carbons (Fsp3) is 0.304. The van der Waals surface area contributed by atoms with Crippen molar-refractivity contribution in [2.45, 2.75) is 32.4 Å². The minimum absolute atomic E-state index is 0.0549. The molecule has 0 aliphatic carbocycles. The lowest BCUT2D eigenvalue weighted by molar-refractivity contribution is 0.165. The first-order chi connectivity index (χ1) is 14.0. The van der Waals surface area contributed by atoms with Gasteiger partial charge in [0.05, 0.1) is 18.1 Å². The minimum atomic E-state index is -0.554. The van der Waals surface area contributed by atoms with Crippen LogP contribution in [0.3, 0.4) is 0 Å². The Bertz CT molecular complexity index is 999. The van der Waals surface area contributed by atoms with E-state index in [1.165, 1.54) is 0 Å². The first-order valence-corrected chi connectivity index (χ1v) is 9.87. The standard InChI is InChI=1S/C23H26N4O2/c1-16-17(2)27(15-24-16)12-18-7-6-10-20(11-18)25-23(29)26-13-21(22(28)14-26)19-8-4-3-5-9-19/h3-11,15,21-22,28H,12-14H2,1-2H3,(H,25,29)/t21-,22+/m0/s1. The molecule has 2 aromatic carbocycles. The van der Waals surface area contributed by atoms with Crippen LogP contribution in [0.4, 0.5) is 10.5 Å². The van der Waals surface area contributed by atoms with Gasteiger partial charge >= 0.3 is 6.03 Å². The zero-order valence-corrected chi connectivity index (χ0v) is 16.7. The van der Waals surface area contributed by atoms with Gasteiger partial charge < -0.3 is 19.9 Å². The number of aliphatic hydroxyl groups is 1. The lowest BCUT2D eigenvalue weighted by Crippen LogP contribution is -2.33. The molecule has 150 valence electrons. The monoisotopic (exact) mass is 390 g/mol. The van der Waals surface area contributed by atoms with Gasteiger partial charge in [-0.05, 0) is 37.1 Å². The molecule has 1 aliphatic rings. The van der Waals surface area contributed by atoms with E-state index in [1.807, 2.05) is 67.8 Å². The Hall–Kier alpha value is -3.12. The molecule has 0 bridgehead atoms. The van der Waals surface area contributed by atoms with Crippen molar-refractivity contribution in [1.29, 1.82) is 0 Å². The second-order valence-electron chi connectivity index (χ2n) is 7.66. The van der Waals surface area contributed by atoms with E-state index in [9.17, 15) is 9.90 Å². The molecule has 2 atom stereocenters. The molecule has 29 heavy (non-hydrogen) atoms. The van der Waals surface area contributed by atoms with Gasteiger partial charge in [-0.25, -0.2) is 9.78 Å². The van der Waals surface area contributed by atoms with Gasteiger partial charge in [0.15, 0.2) is 0 Å². The Morgan fingerprint density at radius 2 is 1.93 bits per heavy atom. The maximum absolute atomic E-state index is 12.8. The average Bonchev–Trinajstić information content (AvgIpc) is 3.26. The van der Waals surface area contributed by atoms with Gasteiger partial charge in [0.25, 0.3) is 0 Å². The summed E-state index contributed by atoms with van der Waals surface area (Å²) in [4.78, 5) is 18.8. The van der Waals surface area contributed by atoms with E-state index in [-0.39, 0.29) is 11.9 Å². The number of anilines is 1. The number of hydrogen-bond donors (Lipinski definition) is 2. The topological polar surface area (TPSA) is 70.4 Å². The molecule has 1 saturated heterocycles. The van der Waals surface area contributed by atoms with Crippen molar-refractivity contribution in [2.75, 3.05) is 18.4 Å². The third-order valence-corrected chi connectivity index (χ3v) is 5.68. The highest BCUT2D eigenvalue weighted by Gasteiger charge is 2.34. The molecule has 2 amide bonds. The molecule has 3 aromatic rings. The summed E-state index contributed by atoms with van der Waals surface area (Å²) < 4.78 is 2.09. The fourth-order valence-electron chi connectivity index (χ4n) is 3.83. The van der Waals surface area contributed by atoms with Crippen molar-refractivity contribution in [1.82, 2.24) is 14.5 Å². The number of amides is 2. The Morgan fingerprint density at radius 1 is 1.14 bits per heavy atom. The molecule has 4 rings (SSSR count). The molecule has 2 N–H and O–H groups in total. The number of rotatable bonds is 4. The summed E-state index contributed by atoms with van der Waals surface area (Å²) in [6.07, 6.45) is 1.28. The van der Waals surface area contributed by atoms with Crippen LogP contribution in [0.2, 0.25) is 0 Å². The summed E-state index contributed by atoms with van der Waals surface area (Å²) >= 11 is 0. The van der Waals surface area contributed by atoms with Gasteiger partial charge in [-0.1, -0.05) is 42.5 Å². The van der Waals surface area contributed by atoms with Gasteiger partial charge in [-0.15, -0.1) is 0 Å². The smallest absolute Gasteiger partial charge is 0.321 e. The molecule has 1 aromatic heterocycles. The van der Waals surface area contributed by atoms with Crippen molar-refractivity contribution in [3.8, 4) is 0 Å². The summed E-state index contributed by atoms with van der Waals surface area (Å²) in [5, 5.41) is 13.4. The summed E-state index contributed by atoms with van der Waals surface area (Å²) in [5.41, 5.74) is 5.06. The predicted octanol–water partition coefficient (Wildman–Crippen LogP) is 3.54. The van der Waals surface area contributed by atoms with Crippen LogP contribution in [0.5, 0.6) is 0 Å². The van der Waals surface area contributed by atoms with Crippen LogP contribution in [0.25, 0.3) is 0 Å². The van der Waals surface area contributed by atoms with Gasteiger partial charge in [0, 0.05) is 36.9 Å². The summed E-state index contributed by atoms with van der Waals surface area (Å²) in [6.45, 7) is 5.59. The van der Waals surface area contributed by atoms with Crippen molar-refractivity contribution in [3.05, 3.63) is 83.4 Å². The summed E-state index contributed by atoms with van der Waals surface area (Å²) in [7, 11) is 0. The number of benzene rings is 2. The van der Waals surface area contributed by atoms with Crippen LogP contribution in [0, 0.1) is 13.8 Å². The highest BCUT2D eigenvalue weighted by atomic mass is 16.3. The van der Waals surface area contributed by atoms with Crippen LogP contribution < -0.4 is 5.32 Å². The van der Waals surface area contributed by atoms with E-state index in [1.54, 1.807) is 4.90 Å². The number of imidazole rings is 1. The zero-order valence-electron chi connectivity index (χ0n) is 16.7. The van der Waals surface area contributed by atoms with Crippen LogP contribution in [-0.4, -0.2) is 44.8 Å². The van der Waals surface area contributed by atoms with Gasteiger partial charge in [-0.3, -0.25) is 0 Å². The normalized spacial score (nSPS) is 18.8. The molecular weight excluding hydrogens is 364 g/mol. The van der Waals surface area contributed by atoms with Crippen LogP contribution in [0.15, 0.2) is 60.9 Å². The number of carbonyl (C=O) groups excluding carboxylic acids is 1. The quantitative estimate of drug-likeness (QED) is 0.716. The SMILES string of the molecule is Cc1ncn(Cc2cccc(NC(=O)N3C[C@@H](O)[C@H](c4ccccc4)C3)c2)c1C. The Kier molecular flexibility index (Phi) is 5.36. The van der Waals surface area contributed by atoms with E-state index < -0.39 is 6.10 Å². The number of nitrogens with zero attached hydrogens (tertiary/aromatic N) is 3. The number of carbonyl (C=O) groups is 1. The largest absolute Gasteiger partial charge is 0.391 e. The Morgan fingerprint density at radius 3 is 2.66 bits per heavy atom. The Balaban J connectivity index is 1.42. The third kappa shape index (κ3) is 4.17. The highest BCUT2D eigenvalue weighted by molar-refractivity contribution is 5.89. The molecule has 2 heterocycles. The number of hydrogen-bond acceptors (Lipinski definition) is 3. The van der Waals surface area contributed by atoms with Crippen LogP contribution in [0.1, 0.15) is 28.4 Å². The van der Waals surface area contributed by atoms with Crippen molar-refractivity contribution >= 4 is 11.7 Å². The molecule has 0 spiro atoms. The molecule has 6 heteroatoms. The number of aromatic nitrogens is 2. The molecule has 1 fully saturated rings. The van der Waals surface area contributed by atoms with E-state index in [0.717, 1.165) is 28.2 Å². The Labute approximate surface area is 170 Å². The molecule has 6 nitrogen and oxygen atoms in total. The molecule has 1 aliphatic heterocycles. The lowest BCUT2D eigenvalue weighted by Gasteiger charge is -2.17. The number of nitrogens with one attached hydrogen (secondary N) is 1. The second-order valence-corrected chi connectivity index (χ2v) is 7.66. The molecule has 0 saturated carbocycles. The first-order valence-electron chi connectivity index (χ1n) is 9.87. The number of β-amino-alcohol motifs (C(OH)–C–C–N with tert-alkyl or cyclic N) is 1. The molecule has 0 radical (unpaired) electrons. The van der Waals surface area contributed by atoms with Gasteiger partial charge in [0.1, 0.15) is 0 Å². The summed E-state index contributed by atoms with van der Waals surface area (Å²) in [6, 6.07) is 17.5. The number of aryl methyl sites for hydroxylation is 1. The third-order valence-electron chi connectivity index (χ3n) is 5.68. The first kappa shape index (κ1) is 19.2. The van der Waals surface area contributed by atoms with Crippen molar-refractivity contribution < 1.29 is 9.90 Å². The maximum atomic E-state index is 12.8. The fourth-order valence-corrected chi connectivity index (χ4v) is 3.83. The number of aliphatic hydroxyl groups excluding tert-OH is 1. The maximum Gasteiger partial charge on any atom is 0.321 e. The van der Waals surface area contributed by atoms with Crippen LogP contribution in [-0.2, 0) is 6.54 Å². The van der Waals surface area contributed by atoms with E-state index in [4.69, 9.17) is 0 Å². The van der Waals surface area contributed by atoms with Crippen molar-refractivity contribution in [2.24, 2.45) is 0 Å². The predicted molar refractivity (Wildman–Crippen MR) is 113 cm³/mol. The highest BCUT2D eigenvalue weighted by Crippen LogP contribution is 2.28. The van der Waals surface area contributed by atoms with Gasteiger partial charge in [-0.2, -0.15) is 0 Å². The van der Waals surface area contributed by atoms with E-state index >= 15 is 0 Å². The van der Waals surface area contributed by atoms with Gasteiger partial charge in [0.2, 0.25) is 0 Å². The second kappa shape index (κ2) is 8.09. The van der Waals surface area contributed by atoms with E-state index in [2.05, 4.69) is 21.8 Å². The van der Waals surface area contributed by atoms with E-state index in [0.29, 0.717) is 19.6 Å². The zero-order chi connectivity index (χ0) is 20.4.